The second kappa shape index (κ2) is 8.32. The minimum Gasteiger partial charge on any atom is -0.490 e. The molecule has 0 spiro atoms. The molecule has 5 nitrogen and oxygen atoms in total. The van der Waals surface area contributed by atoms with E-state index in [4.69, 9.17) is 14.7 Å². The molecule has 0 bridgehead atoms. The van der Waals surface area contributed by atoms with Gasteiger partial charge in [-0.2, -0.15) is 0 Å². The van der Waals surface area contributed by atoms with E-state index in [2.05, 4.69) is 5.16 Å². The zero-order valence-corrected chi connectivity index (χ0v) is 16.6. The lowest BCUT2D eigenvalue weighted by Gasteiger charge is -2.10. The number of rotatable bonds is 6. The third kappa shape index (κ3) is 4.07. The summed E-state index contributed by atoms with van der Waals surface area (Å²) in [7, 11) is 0. The first-order valence-electron chi connectivity index (χ1n) is 9.16. The molecule has 0 unspecified atom stereocenters. The van der Waals surface area contributed by atoms with Gasteiger partial charge >= 0.3 is 0 Å². The van der Waals surface area contributed by atoms with Crippen molar-refractivity contribution in [3.05, 3.63) is 82.5 Å². The quantitative estimate of drug-likeness (QED) is 0.160. The fraction of sp³-hybridized carbons (Fsp3) is 0.130. The molecule has 6 heteroatoms. The molecule has 1 N–H and O–H groups in total. The van der Waals surface area contributed by atoms with Crippen LogP contribution in [0.3, 0.4) is 0 Å². The van der Waals surface area contributed by atoms with Crippen LogP contribution in [0.5, 0.6) is 11.5 Å². The standard InChI is InChI=1S/C23H19NO4S/c1-15(24-26)16-6-8-17(9-7-16)27-12-13-28-18-10-11-22-20(14-18)23(25)19-4-2-3-5-21(19)29-22/h2-11,14,26H,12-13H2,1H3. The zero-order chi connectivity index (χ0) is 20.2. The molecule has 4 aromatic rings. The van der Waals surface area contributed by atoms with Crippen molar-refractivity contribution in [3.8, 4) is 11.5 Å². The number of hydrogen-bond acceptors (Lipinski definition) is 6. The van der Waals surface area contributed by atoms with E-state index in [0.717, 1.165) is 20.3 Å². The average Bonchev–Trinajstić information content (AvgIpc) is 2.77. The Balaban J connectivity index is 1.41. The Bertz CT molecular complexity index is 1250. The maximum Gasteiger partial charge on any atom is 0.196 e. The van der Waals surface area contributed by atoms with Crippen molar-refractivity contribution in [1.29, 1.82) is 0 Å². The molecule has 0 saturated heterocycles. The summed E-state index contributed by atoms with van der Waals surface area (Å²) in [6.45, 7) is 2.45. The topological polar surface area (TPSA) is 68.1 Å². The van der Waals surface area contributed by atoms with E-state index < -0.39 is 0 Å². The maximum absolute atomic E-state index is 12.8. The summed E-state index contributed by atoms with van der Waals surface area (Å²) in [6.07, 6.45) is 0. The van der Waals surface area contributed by atoms with E-state index >= 15 is 0 Å². The van der Waals surface area contributed by atoms with Gasteiger partial charge in [0.15, 0.2) is 5.43 Å². The molecule has 0 aliphatic heterocycles. The normalized spacial score (nSPS) is 11.7. The van der Waals surface area contributed by atoms with Crippen LogP contribution in [0.4, 0.5) is 0 Å². The second-order valence-electron chi connectivity index (χ2n) is 6.49. The number of nitrogens with zero attached hydrogens (tertiary/aromatic N) is 1. The van der Waals surface area contributed by atoms with Crippen LogP contribution in [-0.2, 0) is 0 Å². The van der Waals surface area contributed by atoms with Gasteiger partial charge in [0.2, 0.25) is 0 Å². The molecule has 0 amide bonds. The Labute approximate surface area is 171 Å². The van der Waals surface area contributed by atoms with Gasteiger partial charge in [-0.15, -0.1) is 11.3 Å². The molecular weight excluding hydrogens is 386 g/mol. The molecule has 0 saturated carbocycles. The van der Waals surface area contributed by atoms with Crippen LogP contribution in [0.1, 0.15) is 12.5 Å². The van der Waals surface area contributed by atoms with Gasteiger partial charge in [0.05, 0.1) is 5.71 Å². The molecule has 1 heterocycles. The zero-order valence-electron chi connectivity index (χ0n) is 15.8. The summed E-state index contributed by atoms with van der Waals surface area (Å²) in [6, 6.07) is 20.5. The number of benzene rings is 3. The first-order chi connectivity index (χ1) is 14.2. The van der Waals surface area contributed by atoms with Crippen molar-refractivity contribution in [1.82, 2.24) is 0 Å². The van der Waals surface area contributed by atoms with Crippen molar-refractivity contribution in [2.24, 2.45) is 5.16 Å². The Hall–Kier alpha value is -3.38. The number of oxime groups is 1. The van der Waals surface area contributed by atoms with Crippen molar-refractivity contribution in [3.63, 3.8) is 0 Å². The fourth-order valence-corrected chi connectivity index (χ4v) is 4.09. The van der Waals surface area contributed by atoms with Crippen LogP contribution in [0, 0.1) is 0 Å². The van der Waals surface area contributed by atoms with E-state index in [1.165, 1.54) is 0 Å². The highest BCUT2D eigenvalue weighted by Crippen LogP contribution is 2.27. The van der Waals surface area contributed by atoms with Crippen LogP contribution >= 0.6 is 11.3 Å². The molecule has 0 aliphatic rings. The molecule has 0 atom stereocenters. The highest BCUT2D eigenvalue weighted by atomic mass is 32.1. The highest BCUT2D eigenvalue weighted by Gasteiger charge is 2.07. The van der Waals surface area contributed by atoms with Gasteiger partial charge < -0.3 is 14.7 Å². The van der Waals surface area contributed by atoms with Crippen LogP contribution in [0.2, 0.25) is 0 Å². The minimum atomic E-state index is 0.0258. The van der Waals surface area contributed by atoms with Crippen molar-refractivity contribution >= 4 is 37.2 Å². The van der Waals surface area contributed by atoms with E-state index in [1.54, 1.807) is 24.3 Å². The summed E-state index contributed by atoms with van der Waals surface area (Å²) in [5, 5.41) is 13.4. The molecule has 146 valence electrons. The predicted molar refractivity (Wildman–Crippen MR) is 117 cm³/mol. The lowest BCUT2D eigenvalue weighted by atomic mass is 10.1. The van der Waals surface area contributed by atoms with Gasteiger partial charge in [-0.25, -0.2) is 0 Å². The monoisotopic (exact) mass is 405 g/mol. The molecular formula is C23H19NO4S. The third-order valence-electron chi connectivity index (χ3n) is 4.59. The largest absolute Gasteiger partial charge is 0.490 e. The summed E-state index contributed by atoms with van der Waals surface area (Å²) in [5.41, 5.74) is 1.40. The van der Waals surface area contributed by atoms with Crippen molar-refractivity contribution < 1.29 is 14.7 Å². The van der Waals surface area contributed by atoms with Crippen LogP contribution in [0.25, 0.3) is 20.2 Å². The number of ether oxygens (including phenoxy) is 2. The van der Waals surface area contributed by atoms with E-state index in [0.29, 0.717) is 35.8 Å². The molecule has 0 fully saturated rings. The molecule has 1 aromatic heterocycles. The summed E-state index contributed by atoms with van der Waals surface area (Å²) < 4.78 is 13.4. The minimum absolute atomic E-state index is 0.0258. The van der Waals surface area contributed by atoms with Gasteiger partial charge in [0.1, 0.15) is 24.7 Å². The third-order valence-corrected chi connectivity index (χ3v) is 5.74. The van der Waals surface area contributed by atoms with Crippen LogP contribution < -0.4 is 14.9 Å². The SMILES string of the molecule is CC(=NO)c1ccc(OCCOc2ccc3sc4ccccc4c(=O)c3c2)cc1. The smallest absolute Gasteiger partial charge is 0.196 e. The van der Waals surface area contributed by atoms with Gasteiger partial charge in [0.25, 0.3) is 0 Å². The van der Waals surface area contributed by atoms with Crippen molar-refractivity contribution in [2.75, 3.05) is 13.2 Å². The Morgan fingerprint density at radius 1 is 0.897 bits per heavy atom. The first-order valence-corrected chi connectivity index (χ1v) is 9.97. The first kappa shape index (κ1) is 19.0. The Morgan fingerprint density at radius 2 is 1.55 bits per heavy atom. The van der Waals surface area contributed by atoms with Crippen LogP contribution in [0.15, 0.2) is 76.7 Å². The highest BCUT2D eigenvalue weighted by molar-refractivity contribution is 7.24. The molecule has 29 heavy (non-hydrogen) atoms. The van der Waals surface area contributed by atoms with Gasteiger partial charge in [-0.05, 0) is 67.1 Å². The summed E-state index contributed by atoms with van der Waals surface area (Å²) in [4.78, 5) is 12.8. The van der Waals surface area contributed by atoms with Gasteiger partial charge in [-0.3, -0.25) is 4.79 Å². The number of fused-ring (bicyclic) bond motifs is 2. The van der Waals surface area contributed by atoms with E-state index in [9.17, 15) is 4.79 Å². The van der Waals surface area contributed by atoms with Crippen molar-refractivity contribution in [2.45, 2.75) is 6.92 Å². The van der Waals surface area contributed by atoms with E-state index in [-0.39, 0.29) is 5.43 Å². The second-order valence-corrected chi connectivity index (χ2v) is 7.58. The van der Waals surface area contributed by atoms with Crippen LogP contribution in [-0.4, -0.2) is 24.1 Å². The molecule has 0 radical (unpaired) electrons. The lowest BCUT2D eigenvalue weighted by Crippen LogP contribution is -2.09. The molecule has 4 rings (SSSR count). The van der Waals surface area contributed by atoms with Gasteiger partial charge in [0, 0.05) is 20.2 Å². The fourth-order valence-electron chi connectivity index (χ4n) is 3.04. The Kier molecular flexibility index (Phi) is 5.44. The predicted octanol–water partition coefficient (Wildman–Crippen LogP) is 5.07. The maximum atomic E-state index is 12.8. The number of hydrogen-bond donors (Lipinski definition) is 1. The van der Waals surface area contributed by atoms with Gasteiger partial charge in [-0.1, -0.05) is 17.3 Å². The lowest BCUT2D eigenvalue weighted by molar-refractivity contribution is 0.217. The van der Waals surface area contributed by atoms with E-state index in [1.807, 2.05) is 60.7 Å². The molecule has 3 aromatic carbocycles. The summed E-state index contributed by atoms with van der Waals surface area (Å²) >= 11 is 1.60. The molecule has 0 aliphatic carbocycles. The average molecular weight is 405 g/mol. The summed E-state index contributed by atoms with van der Waals surface area (Å²) in [5.74, 6) is 1.35. The Morgan fingerprint density at radius 3 is 2.31 bits per heavy atom.